The minimum absolute atomic E-state index is 0.854. The molecule has 0 aliphatic heterocycles. The standard InChI is InChI=1S/C12H12BrN/c1-3-11(9-14-10(2)13)12-7-5-4-6-8-12/h3-9H,1H2,2H3/b11-9+,14-10+. The predicted molar refractivity (Wildman–Crippen MR) is 66.7 cm³/mol. The topological polar surface area (TPSA) is 12.4 Å². The highest BCUT2D eigenvalue weighted by Gasteiger charge is 1.94. The van der Waals surface area contributed by atoms with E-state index in [1.807, 2.05) is 37.3 Å². The summed E-state index contributed by atoms with van der Waals surface area (Å²) in [6.07, 6.45) is 3.60. The van der Waals surface area contributed by atoms with Gasteiger partial charge in [0, 0.05) is 6.20 Å². The summed E-state index contributed by atoms with van der Waals surface area (Å²) in [6.45, 7) is 5.65. The Balaban J connectivity index is 2.99. The van der Waals surface area contributed by atoms with Crippen molar-refractivity contribution in [1.82, 2.24) is 0 Å². The first-order valence-electron chi connectivity index (χ1n) is 4.32. The molecule has 0 fully saturated rings. The third-order valence-electron chi connectivity index (χ3n) is 1.71. The molecule has 0 heterocycles. The zero-order chi connectivity index (χ0) is 10.4. The highest BCUT2D eigenvalue weighted by atomic mass is 79.9. The number of allylic oxidation sites excluding steroid dienone is 2. The number of hydrogen-bond donors (Lipinski definition) is 0. The van der Waals surface area contributed by atoms with Gasteiger partial charge in [-0.3, -0.25) is 4.99 Å². The van der Waals surface area contributed by atoms with Crippen LogP contribution in [-0.2, 0) is 0 Å². The third-order valence-corrected chi connectivity index (χ3v) is 1.91. The first-order chi connectivity index (χ1) is 6.74. The summed E-state index contributed by atoms with van der Waals surface area (Å²) in [6, 6.07) is 10.1. The van der Waals surface area contributed by atoms with Gasteiger partial charge < -0.3 is 0 Å². The van der Waals surface area contributed by atoms with Gasteiger partial charge in [-0.05, 0) is 34.0 Å². The Morgan fingerprint density at radius 3 is 2.50 bits per heavy atom. The second-order valence-electron chi connectivity index (χ2n) is 2.78. The molecule has 1 aromatic rings. The van der Waals surface area contributed by atoms with Gasteiger partial charge in [-0.15, -0.1) is 0 Å². The monoisotopic (exact) mass is 249 g/mol. The predicted octanol–water partition coefficient (Wildman–Crippen LogP) is 4.03. The van der Waals surface area contributed by atoms with Crippen molar-refractivity contribution in [2.45, 2.75) is 6.92 Å². The second-order valence-corrected chi connectivity index (χ2v) is 3.93. The lowest BCUT2D eigenvalue weighted by atomic mass is 10.1. The van der Waals surface area contributed by atoms with Gasteiger partial charge in [-0.2, -0.15) is 0 Å². The van der Waals surface area contributed by atoms with Crippen molar-refractivity contribution in [3.05, 3.63) is 54.8 Å². The summed E-state index contributed by atoms with van der Waals surface area (Å²) in [5.41, 5.74) is 2.14. The van der Waals surface area contributed by atoms with E-state index in [4.69, 9.17) is 0 Å². The van der Waals surface area contributed by atoms with Crippen molar-refractivity contribution < 1.29 is 0 Å². The lowest BCUT2D eigenvalue weighted by molar-refractivity contribution is 1.54. The van der Waals surface area contributed by atoms with Crippen LogP contribution in [-0.4, -0.2) is 4.62 Å². The Hall–Kier alpha value is -1.15. The van der Waals surface area contributed by atoms with Crippen LogP contribution in [0.2, 0.25) is 0 Å². The van der Waals surface area contributed by atoms with Gasteiger partial charge in [0.25, 0.3) is 0 Å². The van der Waals surface area contributed by atoms with Gasteiger partial charge in [0.2, 0.25) is 0 Å². The van der Waals surface area contributed by atoms with E-state index in [-0.39, 0.29) is 0 Å². The number of benzene rings is 1. The van der Waals surface area contributed by atoms with Crippen LogP contribution in [0.5, 0.6) is 0 Å². The minimum Gasteiger partial charge on any atom is -0.254 e. The SMILES string of the molecule is C=C/C(=C\N=C(/C)Br)c1ccccc1. The number of aliphatic imine (C=N–C) groups is 1. The van der Waals surface area contributed by atoms with Crippen molar-refractivity contribution in [2.24, 2.45) is 4.99 Å². The van der Waals surface area contributed by atoms with Gasteiger partial charge in [0.15, 0.2) is 0 Å². The fourth-order valence-corrected chi connectivity index (χ4v) is 1.14. The number of rotatable bonds is 3. The molecule has 0 atom stereocenters. The summed E-state index contributed by atoms with van der Waals surface area (Å²) in [4.78, 5) is 4.17. The molecule has 0 aromatic heterocycles. The summed E-state index contributed by atoms with van der Waals surface area (Å²) in [5.74, 6) is 0. The third kappa shape index (κ3) is 3.30. The maximum Gasteiger partial charge on any atom is 0.0798 e. The Bertz CT molecular complexity index is 359. The zero-order valence-electron chi connectivity index (χ0n) is 8.07. The molecule has 0 radical (unpaired) electrons. The van der Waals surface area contributed by atoms with E-state index in [1.54, 1.807) is 12.3 Å². The Labute approximate surface area is 93.0 Å². The Kier molecular flexibility index (Phi) is 4.33. The molecule has 0 unspecified atom stereocenters. The molecule has 14 heavy (non-hydrogen) atoms. The molecule has 0 N–H and O–H groups in total. The Morgan fingerprint density at radius 1 is 1.36 bits per heavy atom. The normalized spacial score (nSPS) is 12.7. The summed E-state index contributed by atoms with van der Waals surface area (Å²) >= 11 is 3.28. The number of halogens is 1. The van der Waals surface area contributed by atoms with Crippen LogP contribution in [0.15, 0.2) is 54.2 Å². The van der Waals surface area contributed by atoms with Crippen LogP contribution in [0.4, 0.5) is 0 Å². The smallest absolute Gasteiger partial charge is 0.0798 e. The largest absolute Gasteiger partial charge is 0.254 e. The minimum atomic E-state index is 0.854. The molecule has 0 bridgehead atoms. The lowest BCUT2D eigenvalue weighted by Crippen LogP contribution is -1.79. The van der Waals surface area contributed by atoms with Gasteiger partial charge in [0.1, 0.15) is 0 Å². The molecule has 1 rings (SSSR count). The first kappa shape index (κ1) is 10.9. The molecule has 0 saturated carbocycles. The molecule has 0 amide bonds. The fraction of sp³-hybridized carbons (Fsp3) is 0.0833. The van der Waals surface area contributed by atoms with E-state index in [9.17, 15) is 0 Å². The van der Waals surface area contributed by atoms with Crippen molar-refractivity contribution in [2.75, 3.05) is 0 Å². The van der Waals surface area contributed by atoms with Crippen LogP contribution in [0, 0.1) is 0 Å². The molecule has 0 saturated heterocycles. The highest BCUT2D eigenvalue weighted by molar-refractivity contribution is 9.18. The highest BCUT2D eigenvalue weighted by Crippen LogP contribution is 2.14. The van der Waals surface area contributed by atoms with Crippen molar-refractivity contribution >= 4 is 26.1 Å². The maximum absolute atomic E-state index is 4.17. The van der Waals surface area contributed by atoms with Crippen LogP contribution in [0.25, 0.3) is 5.57 Å². The first-order valence-corrected chi connectivity index (χ1v) is 5.11. The average molecular weight is 250 g/mol. The zero-order valence-corrected chi connectivity index (χ0v) is 9.66. The molecule has 2 heteroatoms. The second kappa shape index (κ2) is 5.55. The van der Waals surface area contributed by atoms with Gasteiger partial charge in [-0.1, -0.05) is 43.0 Å². The summed E-state index contributed by atoms with van der Waals surface area (Å²) in [5, 5.41) is 0. The Morgan fingerprint density at radius 2 is 2.00 bits per heavy atom. The van der Waals surface area contributed by atoms with Crippen LogP contribution < -0.4 is 0 Å². The molecule has 0 aliphatic carbocycles. The van der Waals surface area contributed by atoms with E-state index in [0.29, 0.717) is 0 Å². The van der Waals surface area contributed by atoms with E-state index in [2.05, 4.69) is 27.5 Å². The number of hydrogen-bond acceptors (Lipinski definition) is 1. The molecular formula is C12H12BrN. The van der Waals surface area contributed by atoms with E-state index >= 15 is 0 Å². The molecule has 0 aliphatic rings. The lowest BCUT2D eigenvalue weighted by Gasteiger charge is -1.99. The van der Waals surface area contributed by atoms with Crippen molar-refractivity contribution in [3.8, 4) is 0 Å². The van der Waals surface area contributed by atoms with Gasteiger partial charge >= 0.3 is 0 Å². The molecule has 1 nitrogen and oxygen atoms in total. The average Bonchev–Trinajstić information content (AvgIpc) is 2.20. The van der Waals surface area contributed by atoms with Crippen molar-refractivity contribution in [3.63, 3.8) is 0 Å². The van der Waals surface area contributed by atoms with Gasteiger partial charge in [0.05, 0.1) is 4.62 Å². The van der Waals surface area contributed by atoms with Crippen molar-refractivity contribution in [1.29, 1.82) is 0 Å². The molecule has 72 valence electrons. The summed E-state index contributed by atoms with van der Waals surface area (Å²) < 4.78 is 0.854. The number of nitrogens with zero attached hydrogens (tertiary/aromatic N) is 1. The van der Waals surface area contributed by atoms with Crippen LogP contribution in [0.1, 0.15) is 12.5 Å². The molecule has 0 spiro atoms. The quantitative estimate of drug-likeness (QED) is 0.567. The van der Waals surface area contributed by atoms with E-state index in [1.165, 1.54) is 0 Å². The van der Waals surface area contributed by atoms with E-state index in [0.717, 1.165) is 15.8 Å². The summed E-state index contributed by atoms with van der Waals surface area (Å²) in [7, 11) is 0. The maximum atomic E-state index is 4.17. The molecular weight excluding hydrogens is 238 g/mol. The molecule has 1 aromatic carbocycles. The van der Waals surface area contributed by atoms with Crippen LogP contribution in [0.3, 0.4) is 0 Å². The van der Waals surface area contributed by atoms with E-state index < -0.39 is 0 Å². The van der Waals surface area contributed by atoms with Gasteiger partial charge in [-0.25, -0.2) is 0 Å². The van der Waals surface area contributed by atoms with Crippen LogP contribution >= 0.6 is 15.9 Å². The fourth-order valence-electron chi connectivity index (χ4n) is 1.03.